The maximum Gasteiger partial charge on any atom is 0.123 e. The van der Waals surface area contributed by atoms with E-state index in [4.69, 9.17) is 4.74 Å². The Morgan fingerprint density at radius 1 is 1.23 bits per heavy atom. The molecule has 2 N–H and O–H groups in total. The summed E-state index contributed by atoms with van der Waals surface area (Å²) in [4.78, 5) is 2.24. The van der Waals surface area contributed by atoms with Crippen LogP contribution in [0.2, 0.25) is 0 Å². The molecule has 1 saturated heterocycles. The third kappa shape index (κ3) is 2.95. The van der Waals surface area contributed by atoms with Crippen molar-refractivity contribution in [1.29, 1.82) is 0 Å². The molecule has 0 radical (unpaired) electrons. The number of hydrogen-bond donors (Lipinski definition) is 2. The van der Waals surface area contributed by atoms with E-state index in [0.29, 0.717) is 6.54 Å². The SMILES string of the molecule is COc1ccc2ccccc2c1CN1CC[C@H](CO)[C@@H](O)C1. The maximum atomic E-state index is 10.1. The molecule has 4 nitrogen and oxygen atoms in total. The van der Waals surface area contributed by atoms with Crippen LogP contribution in [0.1, 0.15) is 12.0 Å². The fraction of sp³-hybridized carbons (Fsp3) is 0.444. The highest BCUT2D eigenvalue weighted by Crippen LogP contribution is 2.30. The summed E-state index contributed by atoms with van der Waals surface area (Å²) in [6.45, 7) is 2.29. The summed E-state index contributed by atoms with van der Waals surface area (Å²) in [5.74, 6) is 0.892. The molecule has 0 aliphatic carbocycles. The van der Waals surface area contributed by atoms with E-state index in [1.807, 2.05) is 18.2 Å². The maximum absolute atomic E-state index is 10.1. The number of ether oxygens (including phenoxy) is 1. The topological polar surface area (TPSA) is 52.9 Å². The van der Waals surface area contributed by atoms with Crippen molar-refractivity contribution in [1.82, 2.24) is 4.90 Å². The van der Waals surface area contributed by atoms with Crippen LogP contribution in [0.25, 0.3) is 10.8 Å². The molecule has 4 heteroatoms. The molecule has 1 fully saturated rings. The van der Waals surface area contributed by atoms with Crippen LogP contribution in [0.4, 0.5) is 0 Å². The Hall–Kier alpha value is -1.62. The monoisotopic (exact) mass is 301 g/mol. The lowest BCUT2D eigenvalue weighted by molar-refractivity contribution is -0.00450. The van der Waals surface area contributed by atoms with Gasteiger partial charge in [-0.1, -0.05) is 30.3 Å². The number of rotatable bonds is 4. The molecule has 0 aromatic heterocycles. The number of β-amino-alcohol motifs (C(OH)–C–C–N with tert-alkyl or cyclic N) is 1. The average molecular weight is 301 g/mol. The number of aliphatic hydroxyl groups is 2. The van der Waals surface area contributed by atoms with Gasteiger partial charge >= 0.3 is 0 Å². The van der Waals surface area contributed by atoms with Crippen molar-refractivity contribution in [2.45, 2.75) is 19.1 Å². The number of nitrogens with zero attached hydrogens (tertiary/aromatic N) is 1. The molecule has 1 heterocycles. The zero-order valence-electron chi connectivity index (χ0n) is 12.9. The highest BCUT2D eigenvalue weighted by Gasteiger charge is 2.27. The van der Waals surface area contributed by atoms with E-state index in [1.165, 1.54) is 10.8 Å². The number of fused-ring (bicyclic) bond motifs is 1. The fourth-order valence-corrected chi connectivity index (χ4v) is 3.30. The van der Waals surface area contributed by atoms with Crippen molar-refractivity contribution >= 4 is 10.8 Å². The minimum absolute atomic E-state index is 0.00524. The normalized spacial score (nSPS) is 22.9. The molecular weight excluding hydrogens is 278 g/mol. The summed E-state index contributed by atoms with van der Waals surface area (Å²) >= 11 is 0. The van der Waals surface area contributed by atoms with Crippen LogP contribution >= 0.6 is 0 Å². The Morgan fingerprint density at radius 2 is 2.05 bits per heavy atom. The van der Waals surface area contributed by atoms with Crippen LogP contribution in [0, 0.1) is 5.92 Å². The molecular formula is C18H23NO3. The van der Waals surface area contributed by atoms with E-state index in [-0.39, 0.29) is 12.5 Å². The first-order valence-electron chi connectivity index (χ1n) is 7.79. The minimum atomic E-state index is -0.459. The van der Waals surface area contributed by atoms with Gasteiger partial charge in [0.2, 0.25) is 0 Å². The van der Waals surface area contributed by atoms with Gasteiger partial charge in [0.1, 0.15) is 5.75 Å². The zero-order chi connectivity index (χ0) is 15.5. The van der Waals surface area contributed by atoms with Crippen molar-refractivity contribution in [3.8, 4) is 5.75 Å². The molecule has 3 rings (SSSR count). The Labute approximate surface area is 130 Å². The molecule has 118 valence electrons. The standard InChI is InChI=1S/C18H23NO3/c1-22-18-7-6-13-4-2-3-5-15(13)16(18)10-19-9-8-14(12-20)17(21)11-19/h2-7,14,17,20-21H,8-12H2,1H3/t14-,17+/m1/s1. The van der Waals surface area contributed by atoms with Gasteiger partial charge in [-0.3, -0.25) is 4.90 Å². The van der Waals surface area contributed by atoms with Crippen LogP contribution in [-0.4, -0.2) is 48.0 Å². The third-order valence-electron chi connectivity index (χ3n) is 4.64. The summed E-state index contributed by atoms with van der Waals surface area (Å²) in [6.07, 6.45) is 0.366. The van der Waals surface area contributed by atoms with Gasteiger partial charge in [0, 0.05) is 31.2 Å². The van der Waals surface area contributed by atoms with Crippen molar-refractivity contribution in [3.63, 3.8) is 0 Å². The first-order valence-corrected chi connectivity index (χ1v) is 7.79. The van der Waals surface area contributed by atoms with Crippen LogP contribution < -0.4 is 4.74 Å². The largest absolute Gasteiger partial charge is 0.496 e. The summed E-state index contributed by atoms with van der Waals surface area (Å²) in [5.41, 5.74) is 1.16. The van der Waals surface area contributed by atoms with E-state index in [1.54, 1.807) is 7.11 Å². The van der Waals surface area contributed by atoms with E-state index in [9.17, 15) is 10.2 Å². The number of benzene rings is 2. The molecule has 2 aromatic carbocycles. The molecule has 2 aromatic rings. The Morgan fingerprint density at radius 3 is 2.77 bits per heavy atom. The number of hydrogen-bond acceptors (Lipinski definition) is 4. The van der Waals surface area contributed by atoms with E-state index >= 15 is 0 Å². The highest BCUT2D eigenvalue weighted by molar-refractivity contribution is 5.87. The average Bonchev–Trinajstić information content (AvgIpc) is 2.55. The van der Waals surface area contributed by atoms with E-state index in [2.05, 4.69) is 23.1 Å². The number of piperidine rings is 1. The van der Waals surface area contributed by atoms with E-state index < -0.39 is 6.10 Å². The fourth-order valence-electron chi connectivity index (χ4n) is 3.30. The first kappa shape index (κ1) is 15.3. The summed E-state index contributed by atoms with van der Waals surface area (Å²) < 4.78 is 5.53. The van der Waals surface area contributed by atoms with Gasteiger partial charge in [0.15, 0.2) is 0 Å². The predicted molar refractivity (Wildman–Crippen MR) is 87.0 cm³/mol. The van der Waals surface area contributed by atoms with Crippen LogP contribution in [0.5, 0.6) is 5.75 Å². The van der Waals surface area contributed by atoms with Gasteiger partial charge in [-0.15, -0.1) is 0 Å². The molecule has 22 heavy (non-hydrogen) atoms. The smallest absolute Gasteiger partial charge is 0.123 e. The highest BCUT2D eigenvalue weighted by atomic mass is 16.5. The van der Waals surface area contributed by atoms with Crippen LogP contribution in [0.3, 0.4) is 0 Å². The molecule has 0 bridgehead atoms. The first-order chi connectivity index (χ1) is 10.7. The van der Waals surface area contributed by atoms with Crippen molar-refractivity contribution in [2.75, 3.05) is 26.8 Å². The lowest BCUT2D eigenvalue weighted by Gasteiger charge is -2.35. The summed E-state index contributed by atoms with van der Waals surface area (Å²) in [5, 5.41) is 21.8. The van der Waals surface area contributed by atoms with Crippen LogP contribution in [-0.2, 0) is 6.54 Å². The van der Waals surface area contributed by atoms with Crippen molar-refractivity contribution in [2.24, 2.45) is 5.92 Å². The Bertz CT molecular complexity index is 643. The Balaban J connectivity index is 1.87. The van der Waals surface area contributed by atoms with Gasteiger partial charge < -0.3 is 14.9 Å². The molecule has 0 saturated carbocycles. The summed E-state index contributed by atoms with van der Waals surface area (Å²) in [7, 11) is 1.69. The predicted octanol–water partition coefficient (Wildman–Crippen LogP) is 2.02. The lowest BCUT2D eigenvalue weighted by atomic mass is 9.94. The van der Waals surface area contributed by atoms with E-state index in [0.717, 1.165) is 30.8 Å². The molecule has 2 atom stereocenters. The van der Waals surface area contributed by atoms with Crippen molar-refractivity contribution in [3.05, 3.63) is 42.0 Å². The van der Waals surface area contributed by atoms with Gasteiger partial charge in [0.25, 0.3) is 0 Å². The number of methoxy groups -OCH3 is 1. The quantitative estimate of drug-likeness (QED) is 0.907. The minimum Gasteiger partial charge on any atom is -0.496 e. The molecule has 0 spiro atoms. The zero-order valence-corrected chi connectivity index (χ0v) is 12.9. The van der Waals surface area contributed by atoms with Gasteiger partial charge in [0.05, 0.1) is 13.2 Å². The molecule has 1 aliphatic heterocycles. The van der Waals surface area contributed by atoms with Gasteiger partial charge in [-0.2, -0.15) is 0 Å². The van der Waals surface area contributed by atoms with Crippen LogP contribution in [0.15, 0.2) is 36.4 Å². The second kappa shape index (κ2) is 6.65. The molecule has 0 amide bonds. The summed E-state index contributed by atoms with van der Waals surface area (Å²) in [6, 6.07) is 12.4. The molecule has 1 aliphatic rings. The second-order valence-corrected chi connectivity index (χ2v) is 6.00. The van der Waals surface area contributed by atoms with Crippen molar-refractivity contribution < 1.29 is 14.9 Å². The Kier molecular flexibility index (Phi) is 4.62. The second-order valence-electron chi connectivity index (χ2n) is 6.00. The third-order valence-corrected chi connectivity index (χ3v) is 4.64. The van der Waals surface area contributed by atoms with Gasteiger partial charge in [-0.05, 0) is 29.8 Å². The van der Waals surface area contributed by atoms with Gasteiger partial charge in [-0.25, -0.2) is 0 Å². The molecule has 0 unspecified atom stereocenters. The number of likely N-dealkylation sites (tertiary alicyclic amines) is 1. The lowest BCUT2D eigenvalue weighted by Crippen LogP contribution is -2.44. The number of aliphatic hydroxyl groups excluding tert-OH is 2.